The van der Waals surface area contributed by atoms with E-state index in [1.54, 1.807) is 0 Å². The molecule has 0 amide bonds. The van der Waals surface area contributed by atoms with Gasteiger partial charge in [-0.25, -0.2) is 13.6 Å². The van der Waals surface area contributed by atoms with E-state index in [1.165, 1.54) is 0 Å². The van der Waals surface area contributed by atoms with Crippen molar-refractivity contribution in [3.8, 4) is 5.75 Å². The zero-order valence-electron chi connectivity index (χ0n) is 8.74. The molecule has 17 heavy (non-hydrogen) atoms. The van der Waals surface area contributed by atoms with Crippen molar-refractivity contribution in [3.05, 3.63) is 35.4 Å². The van der Waals surface area contributed by atoms with Gasteiger partial charge in [0.1, 0.15) is 0 Å². The average Bonchev–Trinajstić information content (AvgIpc) is 2.22. The van der Waals surface area contributed by atoms with Gasteiger partial charge in [-0.15, -0.1) is 0 Å². The van der Waals surface area contributed by atoms with Crippen LogP contribution in [0.25, 0.3) is 6.08 Å². The molecule has 1 aromatic rings. The molecule has 0 bridgehead atoms. The second kappa shape index (κ2) is 5.20. The van der Waals surface area contributed by atoms with Crippen molar-refractivity contribution >= 4 is 18.0 Å². The van der Waals surface area contributed by atoms with Crippen molar-refractivity contribution in [2.45, 2.75) is 6.92 Å². The van der Waals surface area contributed by atoms with Crippen molar-refractivity contribution < 1.29 is 28.2 Å². The minimum Gasteiger partial charge on any atom is -0.478 e. The molecule has 0 aliphatic carbocycles. The molecule has 0 unspecified atom stereocenters. The van der Waals surface area contributed by atoms with E-state index in [2.05, 4.69) is 4.74 Å². The number of hydrogen-bond donors (Lipinski definition) is 1. The summed E-state index contributed by atoms with van der Waals surface area (Å²) in [4.78, 5) is 20.9. The lowest BCUT2D eigenvalue weighted by molar-refractivity contribution is -0.132. The highest BCUT2D eigenvalue weighted by atomic mass is 19.1. The molecule has 6 heteroatoms. The van der Waals surface area contributed by atoms with Crippen LogP contribution in [0.2, 0.25) is 0 Å². The highest BCUT2D eigenvalue weighted by Gasteiger charge is 2.15. The average molecular weight is 242 g/mol. The van der Waals surface area contributed by atoms with Gasteiger partial charge in [0.25, 0.3) is 0 Å². The molecule has 0 aliphatic heterocycles. The number of rotatable bonds is 3. The number of hydrogen-bond acceptors (Lipinski definition) is 3. The van der Waals surface area contributed by atoms with Crippen LogP contribution in [0.15, 0.2) is 18.2 Å². The Morgan fingerprint density at radius 2 is 2.00 bits per heavy atom. The number of halogens is 2. The molecule has 0 saturated carbocycles. The molecule has 1 aromatic carbocycles. The number of esters is 1. The van der Waals surface area contributed by atoms with Gasteiger partial charge in [0.15, 0.2) is 11.6 Å². The Kier molecular flexibility index (Phi) is 3.92. The van der Waals surface area contributed by atoms with E-state index in [0.717, 1.165) is 25.1 Å². The number of carboxylic acids is 1. The molecule has 0 spiro atoms. The first kappa shape index (κ1) is 12.8. The van der Waals surface area contributed by atoms with Gasteiger partial charge < -0.3 is 9.84 Å². The first-order valence-corrected chi connectivity index (χ1v) is 4.49. The zero-order chi connectivity index (χ0) is 13.0. The maximum atomic E-state index is 13.6. The minimum absolute atomic E-state index is 0.190. The maximum Gasteiger partial charge on any atom is 0.328 e. The summed E-state index contributed by atoms with van der Waals surface area (Å²) in [5, 5.41) is 8.37. The van der Waals surface area contributed by atoms with E-state index in [4.69, 9.17) is 5.11 Å². The molecule has 0 atom stereocenters. The zero-order valence-corrected chi connectivity index (χ0v) is 8.74. The van der Waals surface area contributed by atoms with Crippen molar-refractivity contribution in [1.82, 2.24) is 0 Å². The molecule has 0 aliphatic rings. The van der Waals surface area contributed by atoms with Crippen LogP contribution in [-0.2, 0) is 9.59 Å². The quantitative estimate of drug-likeness (QED) is 0.500. The van der Waals surface area contributed by atoms with E-state index >= 15 is 0 Å². The van der Waals surface area contributed by atoms with E-state index in [9.17, 15) is 18.4 Å². The molecule has 0 aromatic heterocycles. The van der Waals surface area contributed by atoms with Crippen LogP contribution >= 0.6 is 0 Å². The number of carbonyl (C=O) groups is 2. The van der Waals surface area contributed by atoms with Gasteiger partial charge in [-0.1, -0.05) is 0 Å². The predicted molar refractivity (Wildman–Crippen MR) is 54.3 cm³/mol. The molecule has 4 nitrogen and oxygen atoms in total. The topological polar surface area (TPSA) is 63.6 Å². The van der Waals surface area contributed by atoms with Crippen molar-refractivity contribution in [1.29, 1.82) is 0 Å². The summed E-state index contributed by atoms with van der Waals surface area (Å²) in [5.41, 5.74) is -0.190. The monoisotopic (exact) mass is 242 g/mol. The number of benzene rings is 1. The minimum atomic E-state index is -1.28. The van der Waals surface area contributed by atoms with Gasteiger partial charge in [-0.2, -0.15) is 0 Å². The summed E-state index contributed by atoms with van der Waals surface area (Å²) in [6.45, 7) is 0.999. The standard InChI is InChI=1S/C11H8F2O4/c1-6(14)17-11-8(12)4-2-7(10(11)13)3-5-9(15)16/h2-5H,1H3,(H,15,16)/b5-3+. The smallest absolute Gasteiger partial charge is 0.328 e. The van der Waals surface area contributed by atoms with Crippen LogP contribution in [0, 0.1) is 11.6 Å². The van der Waals surface area contributed by atoms with E-state index in [-0.39, 0.29) is 5.56 Å². The van der Waals surface area contributed by atoms with Crippen molar-refractivity contribution in [2.24, 2.45) is 0 Å². The lowest BCUT2D eigenvalue weighted by Gasteiger charge is -2.06. The summed E-state index contributed by atoms with van der Waals surface area (Å²) in [6, 6.07) is 1.92. The summed E-state index contributed by atoms with van der Waals surface area (Å²) in [7, 11) is 0. The van der Waals surface area contributed by atoms with Crippen molar-refractivity contribution in [3.63, 3.8) is 0 Å². The Balaban J connectivity index is 3.18. The van der Waals surface area contributed by atoms with Crippen LogP contribution in [0.1, 0.15) is 12.5 Å². The first-order valence-electron chi connectivity index (χ1n) is 4.49. The number of carbonyl (C=O) groups excluding carboxylic acids is 1. The van der Waals surface area contributed by atoms with Crippen molar-refractivity contribution in [2.75, 3.05) is 0 Å². The predicted octanol–water partition coefficient (Wildman–Crippen LogP) is 1.99. The highest BCUT2D eigenvalue weighted by molar-refractivity contribution is 5.85. The van der Waals surface area contributed by atoms with E-state index < -0.39 is 29.3 Å². The molecule has 0 radical (unpaired) electrons. The molecular formula is C11H8F2O4. The molecule has 90 valence electrons. The lowest BCUT2D eigenvalue weighted by atomic mass is 10.1. The van der Waals surface area contributed by atoms with Gasteiger partial charge in [0.05, 0.1) is 0 Å². The fourth-order valence-corrected chi connectivity index (χ4v) is 1.07. The second-order valence-corrected chi connectivity index (χ2v) is 3.04. The van der Waals surface area contributed by atoms with Gasteiger partial charge in [0.2, 0.25) is 5.75 Å². The second-order valence-electron chi connectivity index (χ2n) is 3.04. The number of aliphatic carboxylic acids is 1. The van der Waals surface area contributed by atoms with Gasteiger partial charge >= 0.3 is 11.9 Å². The number of ether oxygens (including phenoxy) is 1. The van der Waals surface area contributed by atoms with Crippen LogP contribution in [0.5, 0.6) is 5.75 Å². The van der Waals surface area contributed by atoms with E-state index in [0.29, 0.717) is 6.08 Å². The third kappa shape index (κ3) is 3.37. The molecule has 0 heterocycles. The lowest BCUT2D eigenvalue weighted by Crippen LogP contribution is -2.06. The fraction of sp³-hybridized carbons (Fsp3) is 0.0909. The SMILES string of the molecule is CC(=O)Oc1c(F)ccc(/C=C/C(=O)O)c1F. The van der Waals surface area contributed by atoms with E-state index in [1.807, 2.05) is 0 Å². The Bertz CT molecular complexity index is 494. The van der Waals surface area contributed by atoms with Crippen LogP contribution in [0.3, 0.4) is 0 Å². The third-order valence-electron chi connectivity index (χ3n) is 1.73. The molecule has 1 N–H and O–H groups in total. The summed E-state index contributed by atoms with van der Waals surface area (Å²) in [6.07, 6.45) is 1.62. The maximum absolute atomic E-state index is 13.6. The third-order valence-corrected chi connectivity index (χ3v) is 1.73. The Morgan fingerprint density at radius 1 is 1.35 bits per heavy atom. The Hall–Kier alpha value is -2.24. The largest absolute Gasteiger partial charge is 0.478 e. The normalized spacial score (nSPS) is 10.5. The summed E-state index contributed by atoms with van der Waals surface area (Å²) in [5.74, 6) is -5.15. The van der Waals surface area contributed by atoms with Gasteiger partial charge in [-0.3, -0.25) is 4.79 Å². The molecular weight excluding hydrogens is 234 g/mol. The van der Waals surface area contributed by atoms with Gasteiger partial charge in [0, 0.05) is 18.6 Å². The van der Waals surface area contributed by atoms with Crippen LogP contribution in [-0.4, -0.2) is 17.0 Å². The highest BCUT2D eigenvalue weighted by Crippen LogP contribution is 2.25. The molecule has 1 rings (SSSR count). The first-order chi connectivity index (χ1) is 7.91. The molecule has 0 saturated heterocycles. The van der Waals surface area contributed by atoms with Crippen LogP contribution in [0.4, 0.5) is 8.78 Å². The van der Waals surface area contributed by atoms with Crippen LogP contribution < -0.4 is 4.74 Å². The van der Waals surface area contributed by atoms with Gasteiger partial charge in [-0.05, 0) is 18.2 Å². The summed E-state index contributed by atoms with van der Waals surface area (Å²) >= 11 is 0. The number of carboxylic acid groups (broad SMARTS) is 1. The summed E-state index contributed by atoms with van der Waals surface area (Å²) < 4.78 is 31.1. The Labute approximate surface area is 95.1 Å². The Morgan fingerprint density at radius 3 is 2.53 bits per heavy atom. The fourth-order valence-electron chi connectivity index (χ4n) is 1.07. The molecule has 0 fully saturated rings.